The number of rotatable bonds is 21. The molecule has 12 aromatic rings. The molecule has 0 amide bonds. The van der Waals surface area contributed by atoms with Crippen molar-refractivity contribution in [2.45, 2.75) is 104 Å². The van der Waals surface area contributed by atoms with Crippen LogP contribution >= 0.6 is 0 Å². The summed E-state index contributed by atoms with van der Waals surface area (Å²) < 4.78 is 0. The first kappa shape index (κ1) is 80.6. The van der Waals surface area contributed by atoms with Crippen molar-refractivity contribution in [3.8, 4) is 0 Å². The molecule has 4 aliphatic heterocycles. The maximum Gasteiger partial charge on any atom is 0.132 e. The Kier molecular flexibility index (Phi) is 26.3. The molecule has 1 aliphatic carbocycles. The molecule has 5 fully saturated rings. The smallest absolute Gasteiger partial charge is 0.132 e. The van der Waals surface area contributed by atoms with Gasteiger partial charge in [0.25, 0.3) is 0 Å². The van der Waals surface area contributed by atoms with Gasteiger partial charge in [0.05, 0.1) is 100 Å². The van der Waals surface area contributed by atoms with Gasteiger partial charge >= 0.3 is 0 Å². The highest BCUT2D eigenvalue weighted by molar-refractivity contribution is 5.93. The van der Waals surface area contributed by atoms with Crippen molar-refractivity contribution in [3.05, 3.63) is 216 Å². The number of pyridine rings is 4. The molecular formula is C90H114N24O. The lowest BCUT2D eigenvalue weighted by Gasteiger charge is -2.36. The Balaban J connectivity index is 0.000000127. The monoisotopic (exact) mass is 1550 g/mol. The Morgan fingerprint density at radius 1 is 0.330 bits per heavy atom. The van der Waals surface area contributed by atoms with E-state index in [-0.39, 0.29) is 6.61 Å². The summed E-state index contributed by atoms with van der Waals surface area (Å²) in [4.78, 5) is 83.9. The fraction of sp³-hybridized carbons (Fsp3) is 0.422. The van der Waals surface area contributed by atoms with Gasteiger partial charge in [-0.2, -0.15) is 0 Å². The van der Waals surface area contributed by atoms with Gasteiger partial charge in [-0.1, -0.05) is 72.8 Å². The maximum absolute atomic E-state index is 9.13. The Hall–Kier alpha value is -11.0. The van der Waals surface area contributed by atoms with Crippen molar-refractivity contribution in [3.63, 3.8) is 0 Å². The summed E-state index contributed by atoms with van der Waals surface area (Å²) in [7, 11) is 17.0. The molecule has 1 N–H and O–H groups in total. The lowest BCUT2D eigenvalue weighted by atomic mass is 10.0. The molecule has 25 heteroatoms. The minimum absolute atomic E-state index is 0.214. The van der Waals surface area contributed by atoms with E-state index in [4.69, 9.17) is 35.0 Å². The van der Waals surface area contributed by atoms with Crippen LogP contribution in [0.3, 0.4) is 0 Å². The first-order chi connectivity index (χ1) is 55.8. The number of piperazine rings is 2. The number of hydrogen-bond acceptors (Lipinski definition) is 25. The number of aromatic nitrogens is 12. The Labute approximate surface area is 678 Å². The molecule has 1 unspecified atom stereocenters. The number of aliphatic hydroxyl groups excluding tert-OH is 1. The lowest BCUT2D eigenvalue weighted by molar-refractivity contribution is 0.188. The molecule has 0 bridgehead atoms. The molecule has 12 heterocycles. The van der Waals surface area contributed by atoms with E-state index in [0.717, 1.165) is 246 Å². The zero-order valence-corrected chi connectivity index (χ0v) is 69.3. The van der Waals surface area contributed by atoms with Gasteiger partial charge in [0.15, 0.2) is 0 Å². The number of β-amino-alcohol motifs (C(OH)–C–C–N with tert-alkyl or cyclic N) is 1. The fourth-order valence-corrected chi connectivity index (χ4v) is 16.4. The number of aliphatic hydroxyl groups is 1. The molecule has 4 saturated heterocycles. The van der Waals surface area contributed by atoms with Crippen LogP contribution in [0.1, 0.15) is 78.2 Å². The summed E-state index contributed by atoms with van der Waals surface area (Å²) in [6, 6.07) is 52.1. The van der Waals surface area contributed by atoms with Gasteiger partial charge < -0.3 is 54.1 Å². The highest BCUT2D eigenvalue weighted by Gasteiger charge is 2.32. The van der Waals surface area contributed by atoms with E-state index in [1.54, 1.807) is 0 Å². The van der Waals surface area contributed by atoms with Gasteiger partial charge in [0.1, 0.15) is 46.6 Å². The summed E-state index contributed by atoms with van der Waals surface area (Å²) >= 11 is 0. The van der Waals surface area contributed by atoms with E-state index in [1.807, 2.05) is 76.7 Å². The van der Waals surface area contributed by atoms with Crippen molar-refractivity contribution in [2.24, 2.45) is 0 Å². The number of nitrogens with zero attached hydrogens (tertiary/aromatic N) is 24. The predicted molar refractivity (Wildman–Crippen MR) is 468 cm³/mol. The number of aryl methyl sites for hydroxylation is 4. The third-order valence-corrected chi connectivity index (χ3v) is 22.7. The minimum Gasteiger partial charge on any atom is -0.395 e. The van der Waals surface area contributed by atoms with Crippen LogP contribution in [0.5, 0.6) is 0 Å². The molecule has 8 aromatic heterocycles. The van der Waals surface area contributed by atoms with Crippen molar-refractivity contribution < 1.29 is 5.11 Å². The van der Waals surface area contributed by atoms with E-state index in [1.165, 1.54) is 32.1 Å². The normalized spacial score (nSPS) is 16.2. The largest absolute Gasteiger partial charge is 0.395 e. The van der Waals surface area contributed by atoms with Crippen LogP contribution in [0, 0.1) is 27.7 Å². The molecule has 115 heavy (non-hydrogen) atoms. The van der Waals surface area contributed by atoms with Gasteiger partial charge in [-0.05, 0) is 137 Å². The summed E-state index contributed by atoms with van der Waals surface area (Å²) in [5.41, 5.74) is 12.6. The number of likely N-dealkylation sites (N-methyl/N-ethyl adjacent to an activating group) is 1. The Morgan fingerprint density at radius 2 is 0.626 bits per heavy atom. The van der Waals surface area contributed by atoms with Crippen LogP contribution in [-0.2, 0) is 26.2 Å². The van der Waals surface area contributed by atoms with Crippen LogP contribution in [0.25, 0.3) is 43.6 Å². The molecule has 600 valence electrons. The second-order valence-corrected chi connectivity index (χ2v) is 31.7. The molecule has 1 atom stereocenters. The highest BCUT2D eigenvalue weighted by atomic mass is 16.3. The summed E-state index contributed by atoms with van der Waals surface area (Å²) in [5, 5.41) is 13.7. The van der Waals surface area contributed by atoms with Crippen molar-refractivity contribution >= 4 is 89.6 Å². The van der Waals surface area contributed by atoms with E-state index in [0.29, 0.717) is 18.6 Å². The topological polar surface area (TPSA) is 214 Å². The van der Waals surface area contributed by atoms with Gasteiger partial charge in [0.2, 0.25) is 0 Å². The highest BCUT2D eigenvalue weighted by Crippen LogP contribution is 2.33. The number of hydrogen-bond donors (Lipinski definition) is 1. The summed E-state index contributed by atoms with van der Waals surface area (Å²) in [6.45, 7) is 24.0. The zero-order valence-electron chi connectivity index (χ0n) is 69.3. The van der Waals surface area contributed by atoms with Crippen LogP contribution < -0.4 is 39.2 Å². The molecule has 17 rings (SSSR count). The Bertz CT molecular complexity index is 5040. The van der Waals surface area contributed by atoms with Crippen LogP contribution in [-0.4, -0.2) is 251 Å². The first-order valence-corrected chi connectivity index (χ1v) is 40.8. The maximum atomic E-state index is 9.13. The standard InChI is InChI=1S/C23H28N6.C23H30N6.C22H28N6O.C22H28N6/c1-17-25-19(15-22(26-17)29-13-11-28(12-14-29)20-8-9-20)16-27(2)21-7-3-5-18-6-4-10-24-23(18)21;1-17-25-19(15-22(26-17)29-13-10-20(11-14-29)27(2)3)16-28(4)21-9-5-7-18-8-6-12-24-23(18)21;1-17-24-19(15-21(25-17)28-11-9-27(10-12-28)13-14-29)16-26(2)20-7-3-5-18-6-4-8-23-22(18)20;1-16-24-18(13-21(25-16)28-12-10-19(15-28)26(2)3)14-27(4)20-9-5-7-17-8-6-11-23-22(17)20/h3-7,10,15,20H,8-9,11-14,16H2,1-2H3;5-9,12,15,20H,10-11,13-14,16H2,1-4H3;3-8,15,29H,9-14,16H2,1-2H3;5-9,11,13,19H,10,12,14-15H2,1-4H3. The number of piperidine rings is 1. The fourth-order valence-electron chi connectivity index (χ4n) is 16.4. The number of para-hydroxylation sites is 4. The summed E-state index contributed by atoms with van der Waals surface area (Å²) in [6.07, 6.45) is 13.7. The predicted octanol–water partition coefficient (Wildman–Crippen LogP) is 11.9. The zero-order chi connectivity index (χ0) is 80.1. The van der Waals surface area contributed by atoms with Crippen molar-refractivity contribution in [2.75, 3.05) is 187 Å². The van der Waals surface area contributed by atoms with E-state index < -0.39 is 0 Å². The third kappa shape index (κ3) is 20.6. The average Bonchev–Trinajstić information content (AvgIpc) is 1.69. The molecule has 1 saturated carbocycles. The van der Waals surface area contributed by atoms with Crippen molar-refractivity contribution in [1.29, 1.82) is 0 Å². The molecule has 0 radical (unpaired) electrons. The minimum atomic E-state index is 0.214. The van der Waals surface area contributed by atoms with E-state index in [2.05, 4.69) is 266 Å². The van der Waals surface area contributed by atoms with Crippen LogP contribution in [0.4, 0.5) is 46.0 Å². The first-order valence-electron chi connectivity index (χ1n) is 40.8. The second kappa shape index (κ2) is 37.5. The number of anilines is 8. The lowest BCUT2D eigenvalue weighted by Crippen LogP contribution is -2.47. The van der Waals surface area contributed by atoms with Crippen molar-refractivity contribution in [1.82, 2.24) is 79.4 Å². The molecular weight excluding hydrogens is 1430 g/mol. The Morgan fingerprint density at radius 3 is 0.939 bits per heavy atom. The second-order valence-electron chi connectivity index (χ2n) is 31.7. The van der Waals surface area contributed by atoms with Gasteiger partial charge in [-0.25, -0.2) is 39.9 Å². The van der Waals surface area contributed by atoms with Crippen LogP contribution in [0.2, 0.25) is 0 Å². The van der Waals surface area contributed by atoms with Gasteiger partial charge in [-0.15, -0.1) is 0 Å². The molecule has 5 aliphatic rings. The average molecular weight is 1550 g/mol. The molecule has 4 aromatic carbocycles. The molecule has 0 spiro atoms. The van der Waals surface area contributed by atoms with E-state index >= 15 is 0 Å². The quantitative estimate of drug-likeness (QED) is 0.0708. The van der Waals surface area contributed by atoms with Gasteiger partial charge in [-0.3, -0.25) is 29.7 Å². The van der Waals surface area contributed by atoms with Gasteiger partial charge in [0, 0.05) is 202 Å². The molecule has 25 nitrogen and oxygen atoms in total. The SMILES string of the molecule is Cc1nc(CN(C)c2cccc3cccnc23)cc(N2CCC(N(C)C)C2)n1.Cc1nc(CN(C)c2cccc3cccnc23)cc(N2CCC(N(C)C)CC2)n1.Cc1nc(CN(C)c2cccc3cccnc23)cc(N2CCN(C3CC3)CC2)n1.Cc1nc(CN(C)c2cccc3cccnc23)cc(N2CCN(CCO)CC2)n1. The van der Waals surface area contributed by atoms with E-state index in [9.17, 15) is 0 Å². The number of fused-ring (bicyclic) bond motifs is 4. The number of benzene rings is 4. The van der Waals surface area contributed by atoms with Crippen LogP contribution in [0.15, 0.2) is 170 Å². The summed E-state index contributed by atoms with van der Waals surface area (Å²) in [5.74, 6) is 7.42. The third-order valence-electron chi connectivity index (χ3n) is 22.7.